The molecule has 0 bridgehead atoms. The van der Waals surface area contributed by atoms with Crippen LogP contribution in [-0.2, 0) is 4.79 Å². The number of hydrogen-bond donors (Lipinski definition) is 2. The molecule has 2 aromatic carbocycles. The van der Waals surface area contributed by atoms with E-state index in [1.165, 1.54) is 0 Å². The van der Waals surface area contributed by atoms with E-state index in [0.29, 0.717) is 38.2 Å². The van der Waals surface area contributed by atoms with E-state index in [2.05, 4.69) is 37.4 Å². The number of amides is 1. The third kappa shape index (κ3) is 3.15. The smallest absolute Gasteiger partial charge is 0.247 e. The Balaban J connectivity index is 1.35. The van der Waals surface area contributed by atoms with Gasteiger partial charge < -0.3 is 20.2 Å². The standard InChI is InChI=1S/C25H25N7O2/c1-17-28-29-23-22(27-21(15-31(17)23)18-7-9-20(33)10-8-18)30-13-11-25(12-14-30)24(34)26-16-32(25)19-5-3-2-4-6-19/h2-10,15,33H,11-14,16H2,1H3,(H,26,34). The molecule has 0 radical (unpaired) electrons. The summed E-state index contributed by atoms with van der Waals surface area (Å²) in [6, 6.07) is 17.1. The first-order valence-corrected chi connectivity index (χ1v) is 11.4. The van der Waals surface area contributed by atoms with Gasteiger partial charge in [0.1, 0.15) is 17.1 Å². The largest absolute Gasteiger partial charge is 0.508 e. The predicted molar refractivity (Wildman–Crippen MR) is 129 cm³/mol. The molecule has 4 aromatic rings. The molecule has 1 spiro atoms. The van der Waals surface area contributed by atoms with E-state index in [1.807, 2.05) is 47.9 Å². The van der Waals surface area contributed by atoms with Crippen molar-refractivity contribution in [1.29, 1.82) is 0 Å². The number of nitrogens with zero attached hydrogens (tertiary/aromatic N) is 6. The van der Waals surface area contributed by atoms with Crippen LogP contribution < -0.4 is 15.1 Å². The fourth-order valence-electron chi connectivity index (χ4n) is 5.10. The summed E-state index contributed by atoms with van der Waals surface area (Å²) in [6.07, 6.45) is 3.28. The predicted octanol–water partition coefficient (Wildman–Crippen LogP) is 2.74. The lowest BCUT2D eigenvalue weighted by Gasteiger charge is -2.43. The van der Waals surface area contributed by atoms with Gasteiger partial charge in [-0.1, -0.05) is 18.2 Å². The molecule has 9 nitrogen and oxygen atoms in total. The zero-order chi connectivity index (χ0) is 23.3. The van der Waals surface area contributed by atoms with E-state index in [-0.39, 0.29) is 11.7 Å². The Morgan fingerprint density at radius 1 is 1.00 bits per heavy atom. The van der Waals surface area contributed by atoms with Crippen molar-refractivity contribution in [3.05, 3.63) is 66.6 Å². The van der Waals surface area contributed by atoms with Crippen molar-refractivity contribution in [3.8, 4) is 17.0 Å². The molecule has 2 fully saturated rings. The van der Waals surface area contributed by atoms with Crippen LogP contribution in [0.4, 0.5) is 11.5 Å². The number of aromatic nitrogens is 4. The van der Waals surface area contributed by atoms with Crippen molar-refractivity contribution >= 4 is 23.1 Å². The zero-order valence-corrected chi connectivity index (χ0v) is 18.8. The molecule has 2 aliphatic rings. The zero-order valence-electron chi connectivity index (χ0n) is 18.8. The minimum atomic E-state index is -0.563. The number of hydrogen-bond acceptors (Lipinski definition) is 7. The van der Waals surface area contributed by atoms with Crippen molar-refractivity contribution in [2.24, 2.45) is 0 Å². The van der Waals surface area contributed by atoms with Gasteiger partial charge in [-0.3, -0.25) is 9.20 Å². The molecule has 0 unspecified atom stereocenters. The van der Waals surface area contributed by atoms with Crippen LogP contribution in [0.15, 0.2) is 60.8 Å². The normalized spacial score (nSPS) is 17.5. The Labute approximate surface area is 196 Å². The average Bonchev–Trinajstić information content (AvgIpc) is 3.40. The maximum Gasteiger partial charge on any atom is 0.247 e. The van der Waals surface area contributed by atoms with E-state index in [4.69, 9.17) is 4.98 Å². The lowest BCUT2D eigenvalue weighted by molar-refractivity contribution is -0.124. The fraction of sp³-hybridized carbons (Fsp3) is 0.280. The van der Waals surface area contributed by atoms with Gasteiger partial charge in [0.25, 0.3) is 0 Å². The molecule has 2 aliphatic heterocycles. The van der Waals surface area contributed by atoms with Gasteiger partial charge in [-0.15, -0.1) is 10.2 Å². The van der Waals surface area contributed by atoms with Crippen LogP contribution in [0.1, 0.15) is 18.7 Å². The van der Waals surface area contributed by atoms with Gasteiger partial charge >= 0.3 is 0 Å². The highest BCUT2D eigenvalue weighted by molar-refractivity contribution is 5.93. The van der Waals surface area contributed by atoms with Crippen molar-refractivity contribution in [3.63, 3.8) is 0 Å². The monoisotopic (exact) mass is 455 g/mol. The second-order valence-corrected chi connectivity index (χ2v) is 8.88. The summed E-state index contributed by atoms with van der Waals surface area (Å²) in [4.78, 5) is 22.4. The summed E-state index contributed by atoms with van der Waals surface area (Å²) < 4.78 is 1.95. The number of phenolic OH excluding ortho intramolecular Hbond substituents is 1. The Hall–Kier alpha value is -4.14. The van der Waals surface area contributed by atoms with Gasteiger partial charge in [0.2, 0.25) is 11.6 Å². The second kappa shape index (κ2) is 7.72. The van der Waals surface area contributed by atoms with E-state index >= 15 is 0 Å². The molecule has 0 saturated carbocycles. The minimum absolute atomic E-state index is 0.0882. The van der Waals surface area contributed by atoms with Gasteiger partial charge in [0, 0.05) is 30.5 Å². The molecule has 0 atom stereocenters. The quantitative estimate of drug-likeness (QED) is 0.490. The second-order valence-electron chi connectivity index (χ2n) is 8.88. The number of aryl methyl sites for hydroxylation is 1. The third-order valence-electron chi connectivity index (χ3n) is 7.00. The van der Waals surface area contributed by atoms with Gasteiger partial charge in [-0.2, -0.15) is 0 Å². The summed E-state index contributed by atoms with van der Waals surface area (Å²) in [7, 11) is 0. The van der Waals surface area contributed by atoms with Crippen LogP contribution in [0.3, 0.4) is 0 Å². The molecule has 9 heteroatoms. The van der Waals surface area contributed by atoms with Crippen LogP contribution in [-0.4, -0.2) is 55.9 Å². The number of benzene rings is 2. The highest BCUT2D eigenvalue weighted by Gasteiger charge is 2.50. The average molecular weight is 456 g/mol. The van der Waals surface area contributed by atoms with E-state index in [1.54, 1.807) is 12.1 Å². The molecular weight excluding hydrogens is 430 g/mol. The number of carbonyl (C=O) groups excluding carboxylic acids is 1. The van der Waals surface area contributed by atoms with Crippen LogP contribution >= 0.6 is 0 Å². The van der Waals surface area contributed by atoms with Crippen LogP contribution in [0.2, 0.25) is 0 Å². The van der Waals surface area contributed by atoms with E-state index in [0.717, 1.165) is 28.6 Å². The van der Waals surface area contributed by atoms with Crippen molar-refractivity contribution < 1.29 is 9.90 Å². The first-order valence-electron chi connectivity index (χ1n) is 11.4. The van der Waals surface area contributed by atoms with Crippen LogP contribution in [0.5, 0.6) is 5.75 Å². The molecule has 2 N–H and O–H groups in total. The first kappa shape index (κ1) is 20.5. The molecule has 4 heterocycles. The minimum Gasteiger partial charge on any atom is -0.508 e. The summed E-state index contributed by atoms with van der Waals surface area (Å²) in [5.41, 5.74) is 2.86. The highest BCUT2D eigenvalue weighted by atomic mass is 16.3. The fourth-order valence-corrected chi connectivity index (χ4v) is 5.10. The van der Waals surface area contributed by atoms with Crippen molar-refractivity contribution in [2.45, 2.75) is 25.3 Å². The number of anilines is 2. The molecule has 2 aromatic heterocycles. The molecule has 1 amide bonds. The van der Waals surface area contributed by atoms with Gasteiger partial charge in [-0.05, 0) is 56.2 Å². The maximum atomic E-state index is 13.0. The number of aromatic hydroxyl groups is 1. The summed E-state index contributed by atoms with van der Waals surface area (Å²) >= 11 is 0. The number of para-hydroxylation sites is 1. The summed E-state index contributed by atoms with van der Waals surface area (Å²) in [5, 5.41) is 21.4. The third-order valence-corrected chi connectivity index (χ3v) is 7.00. The SMILES string of the molecule is Cc1nnc2c(N3CCC4(CC3)C(=O)NCN4c3ccccc3)nc(-c3ccc(O)cc3)cn12. The molecule has 0 aliphatic carbocycles. The Bertz CT molecular complexity index is 1360. The van der Waals surface area contributed by atoms with Gasteiger partial charge in [0.15, 0.2) is 5.82 Å². The molecule has 34 heavy (non-hydrogen) atoms. The summed E-state index contributed by atoms with van der Waals surface area (Å²) in [5.74, 6) is 1.83. The number of carbonyl (C=O) groups is 1. The molecule has 6 rings (SSSR count). The van der Waals surface area contributed by atoms with E-state index in [9.17, 15) is 9.90 Å². The lowest BCUT2D eigenvalue weighted by Crippen LogP contribution is -2.56. The van der Waals surface area contributed by atoms with Crippen LogP contribution in [0, 0.1) is 6.92 Å². The number of rotatable bonds is 3. The number of phenols is 1. The molecule has 2 saturated heterocycles. The molecule has 172 valence electrons. The van der Waals surface area contributed by atoms with Crippen LogP contribution in [0.25, 0.3) is 16.9 Å². The van der Waals surface area contributed by atoms with E-state index < -0.39 is 5.54 Å². The Morgan fingerprint density at radius 2 is 1.74 bits per heavy atom. The van der Waals surface area contributed by atoms with Gasteiger partial charge in [-0.25, -0.2) is 4.98 Å². The summed E-state index contributed by atoms with van der Waals surface area (Å²) in [6.45, 7) is 3.77. The number of piperidine rings is 1. The van der Waals surface area contributed by atoms with Gasteiger partial charge in [0.05, 0.1) is 12.4 Å². The van der Waals surface area contributed by atoms with Crippen molar-refractivity contribution in [2.75, 3.05) is 29.6 Å². The first-order chi connectivity index (χ1) is 16.5. The van der Waals surface area contributed by atoms with Crippen molar-refractivity contribution in [1.82, 2.24) is 24.9 Å². The Kier molecular flexibility index (Phi) is 4.65. The topological polar surface area (TPSA) is 98.9 Å². The maximum absolute atomic E-state index is 13.0. The number of nitrogens with one attached hydrogen (secondary N) is 1. The highest BCUT2D eigenvalue weighted by Crippen LogP contribution is 2.38. The lowest BCUT2D eigenvalue weighted by atomic mass is 9.85. The Morgan fingerprint density at radius 3 is 2.47 bits per heavy atom. The molecular formula is C25H25N7O2. The number of fused-ring (bicyclic) bond motifs is 1.